The molecular weight excluding hydrogens is 250 g/mol. The Bertz CT molecular complexity index is 535. The van der Waals surface area contributed by atoms with E-state index < -0.39 is 23.9 Å². The first-order valence-corrected chi connectivity index (χ1v) is 5.33. The molecule has 0 bridgehead atoms. The normalized spacial score (nSPS) is 10.8. The van der Waals surface area contributed by atoms with E-state index in [-0.39, 0.29) is 5.56 Å². The molecule has 1 rings (SSSR count). The van der Waals surface area contributed by atoms with Crippen LogP contribution in [-0.2, 0) is 9.53 Å². The summed E-state index contributed by atoms with van der Waals surface area (Å²) in [4.78, 5) is 36.5. The highest BCUT2D eigenvalue weighted by Crippen LogP contribution is 2.01. The lowest BCUT2D eigenvalue weighted by atomic mass is 10.2. The number of Topliss-reactive ketones (excluding diaryl/α,β-unsaturated/α-hetero) is 1. The molecule has 7 nitrogen and oxygen atoms in total. The second-order valence-corrected chi connectivity index (χ2v) is 3.56. The summed E-state index contributed by atoms with van der Waals surface area (Å²) < 4.78 is 4.49. The molecule has 0 fully saturated rings. The molecule has 0 unspecified atom stereocenters. The fourth-order valence-electron chi connectivity index (χ4n) is 1.16. The van der Waals surface area contributed by atoms with Crippen molar-refractivity contribution in [3.05, 3.63) is 41.4 Å². The van der Waals surface area contributed by atoms with Gasteiger partial charge >= 0.3 is 18.3 Å². The molecule has 1 atom stereocenters. The Hall–Kier alpha value is -2.79. The van der Waals surface area contributed by atoms with Crippen LogP contribution in [0.25, 0.3) is 5.53 Å². The van der Waals surface area contributed by atoms with E-state index in [1.807, 2.05) is 0 Å². The van der Waals surface area contributed by atoms with E-state index in [9.17, 15) is 14.4 Å². The Morgan fingerprint density at radius 1 is 1.32 bits per heavy atom. The highest BCUT2D eigenvalue weighted by atomic mass is 16.6. The van der Waals surface area contributed by atoms with Crippen molar-refractivity contribution < 1.29 is 23.9 Å². The number of nitrogens with zero attached hydrogens (tertiary/aromatic N) is 2. The van der Waals surface area contributed by atoms with Crippen molar-refractivity contribution >= 4 is 24.1 Å². The smallest absolute Gasteiger partial charge is 0.373 e. The summed E-state index contributed by atoms with van der Waals surface area (Å²) >= 11 is 0. The van der Waals surface area contributed by atoms with Crippen LogP contribution in [-0.4, -0.2) is 34.9 Å². The zero-order valence-electron chi connectivity index (χ0n) is 10.1. The molecular formula is C12H11N3O4. The van der Waals surface area contributed by atoms with Crippen molar-refractivity contribution in [1.29, 1.82) is 0 Å². The number of ether oxygens (including phenoxy) is 1. The lowest BCUT2D eigenvalue weighted by molar-refractivity contribution is -0.117. The van der Waals surface area contributed by atoms with Gasteiger partial charge in [-0.15, -0.1) is 0 Å². The summed E-state index contributed by atoms with van der Waals surface area (Å²) in [6, 6.07) is 6.97. The van der Waals surface area contributed by atoms with E-state index in [0.29, 0.717) is 6.21 Å². The van der Waals surface area contributed by atoms with Crippen molar-refractivity contribution in [1.82, 2.24) is 5.32 Å². The average molecular weight is 261 g/mol. The van der Waals surface area contributed by atoms with E-state index in [1.54, 1.807) is 18.2 Å². The van der Waals surface area contributed by atoms with Gasteiger partial charge in [0, 0.05) is 0 Å². The largest absolute Gasteiger partial charge is 0.415 e. The number of rotatable bonds is 4. The van der Waals surface area contributed by atoms with E-state index in [1.165, 1.54) is 19.1 Å². The van der Waals surface area contributed by atoms with Crippen LogP contribution in [0.5, 0.6) is 0 Å². The summed E-state index contributed by atoms with van der Waals surface area (Å²) in [6.07, 6.45) is -0.412. The number of benzene rings is 1. The first-order chi connectivity index (χ1) is 9.04. The van der Waals surface area contributed by atoms with Gasteiger partial charge in [0.1, 0.15) is 0 Å². The molecule has 0 radical (unpaired) electrons. The molecule has 0 aliphatic heterocycles. The van der Waals surface area contributed by atoms with Gasteiger partial charge in [-0.2, -0.15) is 4.79 Å². The maximum atomic E-state index is 11.5. The molecule has 98 valence electrons. The number of ketones is 1. The summed E-state index contributed by atoms with van der Waals surface area (Å²) in [7, 11) is 0. The molecule has 0 spiro atoms. The van der Waals surface area contributed by atoms with Crippen molar-refractivity contribution in [2.45, 2.75) is 13.0 Å². The predicted molar refractivity (Wildman–Crippen MR) is 64.5 cm³/mol. The zero-order valence-corrected chi connectivity index (χ0v) is 10.1. The number of alkyl carbamates (subject to hydrolysis) is 1. The summed E-state index contributed by atoms with van der Waals surface area (Å²) in [5.74, 6) is -1.46. The topological polar surface area (TPSA) is 109 Å². The lowest BCUT2D eigenvalue weighted by Crippen LogP contribution is -2.40. The second kappa shape index (κ2) is 6.83. The fraction of sp³-hybridized carbons (Fsp3) is 0.167. The number of esters is 1. The average Bonchev–Trinajstić information content (AvgIpc) is 2.39. The summed E-state index contributed by atoms with van der Waals surface area (Å²) in [5.41, 5.74) is 8.38. The molecule has 1 aromatic carbocycles. The third-order valence-corrected chi connectivity index (χ3v) is 2.14. The summed E-state index contributed by atoms with van der Waals surface area (Å²) in [6.45, 7) is 1.36. The molecule has 0 aromatic heterocycles. The second-order valence-electron chi connectivity index (χ2n) is 3.56. The van der Waals surface area contributed by atoms with Gasteiger partial charge in [-0.25, -0.2) is 9.59 Å². The standard InChI is InChI=1S/C12H11N3O4/c1-8(10(16)7-14-13)15-12(18)19-11(17)9-5-3-2-4-6-9/h2-8H,1H3,(H,15,18)/t8-/m0/s1. The lowest BCUT2D eigenvalue weighted by Gasteiger charge is -2.08. The van der Waals surface area contributed by atoms with Gasteiger partial charge in [0.15, 0.2) is 0 Å². The fourth-order valence-corrected chi connectivity index (χ4v) is 1.16. The van der Waals surface area contributed by atoms with E-state index in [2.05, 4.69) is 14.8 Å². The third-order valence-electron chi connectivity index (χ3n) is 2.14. The minimum absolute atomic E-state index is 0.216. The number of hydrogen-bond acceptors (Lipinski definition) is 4. The molecule has 7 heteroatoms. The third kappa shape index (κ3) is 4.53. The number of amides is 1. The van der Waals surface area contributed by atoms with E-state index in [4.69, 9.17) is 5.53 Å². The molecule has 1 aromatic rings. The predicted octanol–water partition coefficient (Wildman–Crippen LogP) is 0.811. The monoisotopic (exact) mass is 261 g/mol. The van der Waals surface area contributed by atoms with Gasteiger partial charge in [0.2, 0.25) is 0 Å². The summed E-state index contributed by atoms with van der Waals surface area (Å²) in [5, 5.41) is 2.13. The Kier molecular flexibility index (Phi) is 5.13. The Labute approximate surface area is 108 Å². The van der Waals surface area contributed by atoms with Gasteiger partial charge in [0.25, 0.3) is 5.78 Å². The molecule has 19 heavy (non-hydrogen) atoms. The molecule has 0 heterocycles. The van der Waals surface area contributed by atoms with Crippen molar-refractivity contribution in [3.8, 4) is 0 Å². The maximum absolute atomic E-state index is 11.5. The van der Waals surface area contributed by atoms with Crippen molar-refractivity contribution in [2.24, 2.45) is 0 Å². The molecule has 0 aliphatic rings. The van der Waals surface area contributed by atoms with Gasteiger partial charge < -0.3 is 15.6 Å². The molecule has 0 saturated heterocycles. The highest BCUT2D eigenvalue weighted by Gasteiger charge is 2.19. The van der Waals surface area contributed by atoms with Crippen LogP contribution >= 0.6 is 0 Å². The first-order valence-electron chi connectivity index (χ1n) is 5.33. The van der Waals surface area contributed by atoms with E-state index in [0.717, 1.165) is 0 Å². The van der Waals surface area contributed by atoms with Crippen LogP contribution < -0.4 is 5.32 Å². The maximum Gasteiger partial charge on any atom is 0.415 e. The molecule has 1 N–H and O–H groups in total. The minimum atomic E-state index is -1.05. The quantitative estimate of drug-likeness (QED) is 0.284. The SMILES string of the molecule is C[C@H](NC(=O)OC(=O)c1ccccc1)C(=O)C=[N+]=[N-]. The zero-order chi connectivity index (χ0) is 14.3. The minimum Gasteiger partial charge on any atom is -0.373 e. The van der Waals surface area contributed by atoms with E-state index >= 15 is 0 Å². The highest BCUT2D eigenvalue weighted by molar-refractivity contribution is 6.28. The van der Waals surface area contributed by atoms with Gasteiger partial charge in [-0.3, -0.25) is 4.79 Å². The Morgan fingerprint density at radius 2 is 1.95 bits per heavy atom. The Morgan fingerprint density at radius 3 is 2.53 bits per heavy atom. The first kappa shape index (κ1) is 14.3. The van der Waals surface area contributed by atoms with Gasteiger partial charge in [-0.05, 0) is 19.1 Å². The molecule has 0 aliphatic carbocycles. The molecule has 0 saturated carbocycles. The number of hydrogen-bond donors (Lipinski definition) is 1. The van der Waals surface area contributed by atoms with Crippen LogP contribution in [0.3, 0.4) is 0 Å². The van der Waals surface area contributed by atoms with Gasteiger partial charge in [-0.1, -0.05) is 18.2 Å². The number of nitrogens with one attached hydrogen (secondary N) is 1. The van der Waals surface area contributed by atoms with Gasteiger partial charge in [0.05, 0.1) is 11.6 Å². The van der Waals surface area contributed by atoms with Crippen LogP contribution in [0.15, 0.2) is 30.3 Å². The van der Waals surface area contributed by atoms with Crippen molar-refractivity contribution in [3.63, 3.8) is 0 Å². The molecule has 1 amide bonds. The van der Waals surface area contributed by atoms with Crippen LogP contribution in [0, 0.1) is 0 Å². The van der Waals surface area contributed by atoms with Crippen LogP contribution in [0.4, 0.5) is 4.79 Å². The van der Waals surface area contributed by atoms with Crippen molar-refractivity contribution in [2.75, 3.05) is 0 Å². The van der Waals surface area contributed by atoms with Crippen LogP contribution in [0.2, 0.25) is 0 Å². The van der Waals surface area contributed by atoms with Crippen LogP contribution in [0.1, 0.15) is 17.3 Å². The number of carbonyl (C=O) groups excluding carboxylic acids is 3. The number of carbonyl (C=O) groups is 3. The Balaban J connectivity index is 2.54.